The zero-order chi connectivity index (χ0) is 13.5. The van der Waals surface area contributed by atoms with Crippen molar-refractivity contribution in [3.63, 3.8) is 0 Å². The molecule has 5 nitrogen and oxygen atoms in total. The van der Waals surface area contributed by atoms with Gasteiger partial charge in [0.2, 0.25) is 5.91 Å². The van der Waals surface area contributed by atoms with Crippen LogP contribution < -0.4 is 0 Å². The average molecular weight is 253 g/mol. The highest BCUT2D eigenvalue weighted by atomic mass is 16.4. The fraction of sp³-hybridized carbons (Fsp3) is 0.538. The van der Waals surface area contributed by atoms with Crippen molar-refractivity contribution < 1.29 is 19.1 Å². The molecule has 5 heteroatoms. The second-order valence-electron chi connectivity index (χ2n) is 4.30. The summed E-state index contributed by atoms with van der Waals surface area (Å²) >= 11 is 0. The Morgan fingerprint density at radius 3 is 2.61 bits per heavy atom. The summed E-state index contributed by atoms with van der Waals surface area (Å²) in [5, 5.41) is 8.49. The molecule has 1 amide bonds. The Morgan fingerprint density at radius 2 is 2.06 bits per heavy atom. The van der Waals surface area contributed by atoms with Gasteiger partial charge in [-0.3, -0.25) is 9.59 Å². The van der Waals surface area contributed by atoms with E-state index in [0.29, 0.717) is 19.3 Å². The molecule has 1 rings (SSSR count). The van der Waals surface area contributed by atoms with Gasteiger partial charge in [0.1, 0.15) is 5.76 Å². The number of carbonyl (C=O) groups excluding carboxylic acids is 1. The topological polar surface area (TPSA) is 70.8 Å². The molecule has 0 saturated heterocycles. The van der Waals surface area contributed by atoms with E-state index in [9.17, 15) is 9.59 Å². The molecule has 1 aromatic rings. The van der Waals surface area contributed by atoms with Crippen LogP contribution in [-0.4, -0.2) is 28.9 Å². The first-order valence-corrected chi connectivity index (χ1v) is 6.03. The molecule has 1 heterocycles. The van der Waals surface area contributed by atoms with E-state index >= 15 is 0 Å². The second kappa shape index (κ2) is 6.83. The van der Waals surface area contributed by atoms with Gasteiger partial charge in [0.25, 0.3) is 0 Å². The summed E-state index contributed by atoms with van der Waals surface area (Å²) in [6, 6.07) is 3.52. The van der Waals surface area contributed by atoms with Crippen molar-refractivity contribution in [2.75, 3.05) is 7.05 Å². The van der Waals surface area contributed by atoms with Crippen LogP contribution in [0, 0.1) is 0 Å². The molecule has 0 aliphatic heterocycles. The maximum absolute atomic E-state index is 11.9. The summed E-state index contributed by atoms with van der Waals surface area (Å²) in [6.45, 7) is 1.90. The molecule has 0 aliphatic rings. The summed E-state index contributed by atoms with van der Waals surface area (Å²) in [7, 11) is 1.73. The molecule has 0 spiro atoms. The van der Waals surface area contributed by atoms with Gasteiger partial charge in [-0.1, -0.05) is 0 Å². The van der Waals surface area contributed by atoms with Crippen molar-refractivity contribution in [1.29, 1.82) is 0 Å². The van der Waals surface area contributed by atoms with E-state index in [1.165, 1.54) is 0 Å². The lowest BCUT2D eigenvalue weighted by Crippen LogP contribution is -2.29. The number of hydrogen-bond acceptors (Lipinski definition) is 3. The maximum atomic E-state index is 11.9. The lowest BCUT2D eigenvalue weighted by Gasteiger charge is -2.23. The van der Waals surface area contributed by atoms with Gasteiger partial charge in [-0.25, -0.2) is 0 Å². The number of hydrogen-bond donors (Lipinski definition) is 1. The Kier molecular flexibility index (Phi) is 5.42. The number of amides is 1. The van der Waals surface area contributed by atoms with Gasteiger partial charge in [-0.2, -0.15) is 0 Å². The summed E-state index contributed by atoms with van der Waals surface area (Å²) in [6.07, 6.45) is 3.20. The Balaban J connectivity index is 2.35. The lowest BCUT2D eigenvalue weighted by molar-refractivity contribution is -0.137. The second-order valence-corrected chi connectivity index (χ2v) is 4.30. The molecule has 0 fully saturated rings. The minimum absolute atomic E-state index is 0.00397. The van der Waals surface area contributed by atoms with Crippen LogP contribution in [-0.2, 0) is 9.59 Å². The van der Waals surface area contributed by atoms with E-state index in [0.717, 1.165) is 5.76 Å². The molecule has 0 aliphatic carbocycles. The number of carbonyl (C=O) groups is 2. The number of furan rings is 1. The third kappa shape index (κ3) is 4.24. The summed E-state index contributed by atoms with van der Waals surface area (Å²) in [4.78, 5) is 23.8. The number of aliphatic carboxylic acids is 1. The number of rotatable bonds is 7. The number of unbranched alkanes of at least 4 members (excludes halogenated alkanes) is 1. The van der Waals surface area contributed by atoms with E-state index in [4.69, 9.17) is 9.52 Å². The molecule has 1 unspecified atom stereocenters. The van der Waals surface area contributed by atoms with E-state index in [1.807, 2.05) is 13.0 Å². The molecule has 1 N–H and O–H groups in total. The Labute approximate surface area is 106 Å². The molecular formula is C13H19NO4. The zero-order valence-corrected chi connectivity index (χ0v) is 10.8. The van der Waals surface area contributed by atoms with Crippen LogP contribution in [0.3, 0.4) is 0 Å². The van der Waals surface area contributed by atoms with E-state index in [2.05, 4.69) is 0 Å². The maximum Gasteiger partial charge on any atom is 0.303 e. The number of nitrogens with zero attached hydrogens (tertiary/aromatic N) is 1. The zero-order valence-electron chi connectivity index (χ0n) is 10.8. The van der Waals surface area contributed by atoms with Crippen molar-refractivity contribution >= 4 is 11.9 Å². The van der Waals surface area contributed by atoms with Gasteiger partial charge >= 0.3 is 5.97 Å². The monoisotopic (exact) mass is 253 g/mol. The van der Waals surface area contributed by atoms with E-state index < -0.39 is 5.97 Å². The first kappa shape index (κ1) is 14.3. The van der Waals surface area contributed by atoms with Crippen molar-refractivity contribution in [3.8, 4) is 0 Å². The predicted octanol–water partition coefficient (Wildman–Crippen LogP) is 2.44. The van der Waals surface area contributed by atoms with Crippen LogP contribution >= 0.6 is 0 Å². The highest BCUT2D eigenvalue weighted by molar-refractivity contribution is 5.76. The largest absolute Gasteiger partial charge is 0.481 e. The van der Waals surface area contributed by atoms with Crippen molar-refractivity contribution in [2.24, 2.45) is 0 Å². The summed E-state index contributed by atoms with van der Waals surface area (Å²) < 4.78 is 5.25. The first-order chi connectivity index (χ1) is 8.52. The van der Waals surface area contributed by atoms with Crippen LogP contribution in [0.5, 0.6) is 0 Å². The standard InChI is InChI=1S/C13H19NO4/c1-10(11-6-5-9-18-11)14(2)12(15)7-3-4-8-13(16)17/h5-6,9-10H,3-4,7-8H2,1-2H3,(H,16,17). The van der Waals surface area contributed by atoms with Crippen LogP contribution in [0.1, 0.15) is 44.4 Å². The van der Waals surface area contributed by atoms with Gasteiger partial charge in [0.15, 0.2) is 0 Å². The summed E-state index contributed by atoms with van der Waals surface area (Å²) in [5.41, 5.74) is 0. The Bertz CT molecular complexity index is 386. The molecular weight excluding hydrogens is 234 g/mol. The van der Waals surface area contributed by atoms with E-state index in [-0.39, 0.29) is 18.4 Å². The SMILES string of the molecule is CC(c1ccco1)N(C)C(=O)CCCCC(=O)O. The Morgan fingerprint density at radius 1 is 1.39 bits per heavy atom. The average Bonchev–Trinajstić information content (AvgIpc) is 2.86. The molecule has 1 atom stereocenters. The van der Waals surface area contributed by atoms with E-state index in [1.54, 1.807) is 24.3 Å². The van der Waals surface area contributed by atoms with Gasteiger partial charge < -0.3 is 14.4 Å². The fourth-order valence-electron chi connectivity index (χ4n) is 1.66. The summed E-state index contributed by atoms with van der Waals surface area (Å²) in [5.74, 6) is -0.0690. The highest BCUT2D eigenvalue weighted by Crippen LogP contribution is 2.20. The molecule has 1 aromatic heterocycles. The number of carboxylic acids is 1. The van der Waals surface area contributed by atoms with Crippen molar-refractivity contribution in [2.45, 2.75) is 38.6 Å². The van der Waals surface area contributed by atoms with Crippen molar-refractivity contribution in [3.05, 3.63) is 24.2 Å². The number of carboxylic acid groups (broad SMARTS) is 1. The van der Waals surface area contributed by atoms with Gasteiger partial charge in [-0.05, 0) is 31.9 Å². The smallest absolute Gasteiger partial charge is 0.303 e. The third-order valence-electron chi connectivity index (χ3n) is 2.96. The van der Waals surface area contributed by atoms with Crippen molar-refractivity contribution in [1.82, 2.24) is 4.90 Å². The van der Waals surface area contributed by atoms with Crippen LogP contribution in [0.4, 0.5) is 0 Å². The van der Waals surface area contributed by atoms with Crippen LogP contribution in [0.2, 0.25) is 0 Å². The molecule has 18 heavy (non-hydrogen) atoms. The minimum atomic E-state index is -0.820. The first-order valence-electron chi connectivity index (χ1n) is 6.03. The normalized spacial score (nSPS) is 12.1. The molecule has 0 radical (unpaired) electrons. The van der Waals surface area contributed by atoms with Gasteiger partial charge in [0.05, 0.1) is 12.3 Å². The van der Waals surface area contributed by atoms with Gasteiger partial charge in [0, 0.05) is 19.9 Å². The molecule has 0 aromatic carbocycles. The third-order valence-corrected chi connectivity index (χ3v) is 2.96. The molecule has 0 bridgehead atoms. The molecule has 100 valence electrons. The Hall–Kier alpha value is -1.78. The van der Waals surface area contributed by atoms with Crippen LogP contribution in [0.15, 0.2) is 22.8 Å². The van der Waals surface area contributed by atoms with Gasteiger partial charge in [-0.15, -0.1) is 0 Å². The quantitative estimate of drug-likeness (QED) is 0.758. The highest BCUT2D eigenvalue weighted by Gasteiger charge is 2.18. The fourth-order valence-corrected chi connectivity index (χ4v) is 1.66. The predicted molar refractivity (Wildman–Crippen MR) is 66.0 cm³/mol. The lowest BCUT2D eigenvalue weighted by atomic mass is 10.1. The molecule has 0 saturated carbocycles. The minimum Gasteiger partial charge on any atom is -0.481 e. The van der Waals surface area contributed by atoms with Crippen LogP contribution in [0.25, 0.3) is 0 Å².